The van der Waals surface area contributed by atoms with Gasteiger partial charge in [0.25, 0.3) is 5.91 Å². The molecule has 0 radical (unpaired) electrons. The van der Waals surface area contributed by atoms with Gasteiger partial charge in [-0.2, -0.15) is 0 Å². The number of likely N-dealkylation sites (tertiary alicyclic amines) is 1. The van der Waals surface area contributed by atoms with Crippen LogP contribution in [-0.4, -0.2) is 53.7 Å². The van der Waals surface area contributed by atoms with Crippen LogP contribution < -0.4 is 5.32 Å². The molecule has 2 aliphatic heterocycles. The van der Waals surface area contributed by atoms with Gasteiger partial charge in [0.15, 0.2) is 0 Å². The molecule has 24 heavy (non-hydrogen) atoms. The number of amides is 1. The van der Waals surface area contributed by atoms with Crippen LogP contribution in [0.2, 0.25) is 0 Å². The number of thiazole rings is 1. The van der Waals surface area contributed by atoms with E-state index in [1.54, 1.807) is 11.7 Å². The molecule has 0 bridgehead atoms. The zero-order valence-electron chi connectivity index (χ0n) is 14.6. The van der Waals surface area contributed by atoms with Crippen molar-refractivity contribution in [3.05, 3.63) is 28.2 Å². The van der Waals surface area contributed by atoms with Gasteiger partial charge in [0.05, 0.1) is 23.4 Å². The van der Waals surface area contributed by atoms with E-state index in [1.165, 1.54) is 16.9 Å². The standard InChI is InChI=1S/C18H27N3O2S/c1-14(2)4-8-21-9-6-18(7-10-21)5-3-15(23-18)11-20-17(22)16-12-19-13-24-16/h4,12-13,15H,3,5-11H2,1-2H3,(H,20,22)/t15-/m1/s1. The maximum Gasteiger partial charge on any atom is 0.263 e. The first-order valence-electron chi connectivity index (χ1n) is 8.77. The fraction of sp³-hybridized carbons (Fsp3) is 0.667. The number of ether oxygens (including phenoxy) is 1. The lowest BCUT2D eigenvalue weighted by atomic mass is 9.88. The highest BCUT2D eigenvalue weighted by atomic mass is 32.1. The minimum atomic E-state index is -0.0430. The van der Waals surface area contributed by atoms with Crippen molar-refractivity contribution in [2.75, 3.05) is 26.2 Å². The molecular formula is C18H27N3O2S. The second-order valence-electron chi connectivity index (χ2n) is 7.12. The third-order valence-electron chi connectivity index (χ3n) is 5.01. The first-order valence-corrected chi connectivity index (χ1v) is 9.64. The molecule has 1 N–H and O–H groups in total. The van der Waals surface area contributed by atoms with Gasteiger partial charge in [-0.3, -0.25) is 14.7 Å². The summed E-state index contributed by atoms with van der Waals surface area (Å²) in [6.45, 7) is 8.15. The van der Waals surface area contributed by atoms with E-state index in [0.717, 1.165) is 45.3 Å². The van der Waals surface area contributed by atoms with Crippen LogP contribution in [-0.2, 0) is 4.74 Å². The number of piperidine rings is 1. The Labute approximate surface area is 148 Å². The Balaban J connectivity index is 1.42. The molecule has 5 nitrogen and oxygen atoms in total. The molecule has 0 aliphatic carbocycles. The summed E-state index contributed by atoms with van der Waals surface area (Å²) >= 11 is 1.37. The van der Waals surface area contributed by atoms with E-state index in [9.17, 15) is 4.79 Å². The van der Waals surface area contributed by atoms with Crippen LogP contribution in [0.1, 0.15) is 49.2 Å². The van der Waals surface area contributed by atoms with E-state index >= 15 is 0 Å². The molecule has 6 heteroatoms. The summed E-state index contributed by atoms with van der Waals surface area (Å²) in [5.41, 5.74) is 3.10. The van der Waals surface area contributed by atoms with Crippen LogP contribution in [0.15, 0.2) is 23.4 Å². The van der Waals surface area contributed by atoms with E-state index in [4.69, 9.17) is 4.74 Å². The summed E-state index contributed by atoms with van der Waals surface area (Å²) < 4.78 is 6.36. The Bertz CT molecular complexity index is 573. The number of aromatic nitrogens is 1. The lowest BCUT2D eigenvalue weighted by Crippen LogP contribution is -2.45. The molecule has 0 aromatic carbocycles. The van der Waals surface area contributed by atoms with Gasteiger partial charge in [-0.1, -0.05) is 11.6 Å². The Morgan fingerprint density at radius 1 is 1.46 bits per heavy atom. The van der Waals surface area contributed by atoms with E-state index in [2.05, 4.69) is 35.1 Å². The minimum Gasteiger partial charge on any atom is -0.370 e. The molecule has 2 saturated heterocycles. The monoisotopic (exact) mass is 349 g/mol. The Hall–Kier alpha value is -1.24. The highest BCUT2D eigenvalue weighted by Crippen LogP contribution is 2.38. The van der Waals surface area contributed by atoms with Crippen molar-refractivity contribution >= 4 is 17.2 Å². The second kappa shape index (κ2) is 7.76. The van der Waals surface area contributed by atoms with Crippen LogP contribution in [0.5, 0.6) is 0 Å². The summed E-state index contributed by atoms with van der Waals surface area (Å²) in [5, 5.41) is 2.98. The number of carbonyl (C=O) groups excluding carboxylic acids is 1. The first-order chi connectivity index (χ1) is 11.6. The quantitative estimate of drug-likeness (QED) is 0.831. The molecule has 2 fully saturated rings. The zero-order chi connectivity index (χ0) is 17.0. The van der Waals surface area contributed by atoms with Gasteiger partial charge in [0, 0.05) is 26.2 Å². The van der Waals surface area contributed by atoms with Gasteiger partial charge in [-0.05, 0) is 39.5 Å². The molecule has 1 spiro atoms. The zero-order valence-corrected chi connectivity index (χ0v) is 15.4. The van der Waals surface area contributed by atoms with Crippen molar-refractivity contribution in [2.24, 2.45) is 0 Å². The van der Waals surface area contributed by atoms with Gasteiger partial charge < -0.3 is 10.1 Å². The van der Waals surface area contributed by atoms with Crippen LogP contribution in [0.25, 0.3) is 0 Å². The smallest absolute Gasteiger partial charge is 0.263 e. The highest BCUT2D eigenvalue weighted by Gasteiger charge is 2.42. The van der Waals surface area contributed by atoms with Gasteiger partial charge in [-0.15, -0.1) is 11.3 Å². The molecule has 0 unspecified atom stereocenters. The lowest BCUT2D eigenvalue weighted by molar-refractivity contribution is -0.0741. The van der Waals surface area contributed by atoms with Crippen LogP contribution in [0, 0.1) is 0 Å². The number of hydrogen-bond acceptors (Lipinski definition) is 5. The molecule has 1 aromatic rings. The van der Waals surface area contributed by atoms with Crippen molar-refractivity contribution in [3.63, 3.8) is 0 Å². The largest absolute Gasteiger partial charge is 0.370 e. The Morgan fingerprint density at radius 3 is 2.92 bits per heavy atom. The molecule has 3 heterocycles. The molecular weight excluding hydrogens is 322 g/mol. The minimum absolute atomic E-state index is 0.0430. The molecule has 0 saturated carbocycles. The number of nitrogens with one attached hydrogen (secondary N) is 1. The van der Waals surface area contributed by atoms with E-state index in [-0.39, 0.29) is 17.6 Å². The second-order valence-corrected chi connectivity index (χ2v) is 8.01. The Kier molecular flexibility index (Phi) is 5.69. The number of carbonyl (C=O) groups is 1. The van der Waals surface area contributed by atoms with E-state index in [0.29, 0.717) is 11.4 Å². The predicted octanol–water partition coefficient (Wildman–Crippen LogP) is 2.85. The molecule has 1 amide bonds. The SMILES string of the molecule is CC(C)=CCN1CCC2(CC[C@H](CNC(=O)c3cncs3)O2)CC1. The van der Waals surface area contributed by atoms with Crippen molar-refractivity contribution in [1.29, 1.82) is 0 Å². The number of nitrogens with zero attached hydrogens (tertiary/aromatic N) is 2. The van der Waals surface area contributed by atoms with Crippen LogP contribution in [0.4, 0.5) is 0 Å². The van der Waals surface area contributed by atoms with Gasteiger partial charge in [-0.25, -0.2) is 0 Å². The predicted molar refractivity (Wildman–Crippen MR) is 96.4 cm³/mol. The van der Waals surface area contributed by atoms with Crippen LogP contribution in [0.3, 0.4) is 0 Å². The van der Waals surface area contributed by atoms with Gasteiger partial charge in [0.1, 0.15) is 4.88 Å². The lowest BCUT2D eigenvalue weighted by Gasteiger charge is -2.39. The third kappa shape index (κ3) is 4.43. The number of rotatable bonds is 5. The fourth-order valence-corrected chi connectivity index (χ4v) is 4.02. The fourth-order valence-electron chi connectivity index (χ4n) is 3.48. The number of hydrogen-bond donors (Lipinski definition) is 1. The Morgan fingerprint density at radius 2 is 2.25 bits per heavy atom. The molecule has 1 aromatic heterocycles. The molecule has 132 valence electrons. The van der Waals surface area contributed by atoms with E-state index in [1.807, 2.05) is 0 Å². The average Bonchev–Trinajstić information content (AvgIpc) is 3.23. The maximum absolute atomic E-state index is 12.0. The molecule has 1 atom stereocenters. The van der Waals surface area contributed by atoms with Crippen LogP contribution >= 0.6 is 11.3 Å². The average molecular weight is 350 g/mol. The molecule has 3 rings (SSSR count). The van der Waals surface area contributed by atoms with Crippen molar-refractivity contribution in [2.45, 2.75) is 51.2 Å². The summed E-state index contributed by atoms with van der Waals surface area (Å²) in [5.74, 6) is -0.0430. The molecule has 2 aliphatic rings. The van der Waals surface area contributed by atoms with Crippen molar-refractivity contribution in [3.8, 4) is 0 Å². The van der Waals surface area contributed by atoms with Crippen molar-refractivity contribution < 1.29 is 9.53 Å². The van der Waals surface area contributed by atoms with Gasteiger partial charge >= 0.3 is 0 Å². The summed E-state index contributed by atoms with van der Waals surface area (Å²) in [4.78, 5) is 19.1. The summed E-state index contributed by atoms with van der Waals surface area (Å²) in [6, 6.07) is 0. The summed E-state index contributed by atoms with van der Waals surface area (Å²) in [6.07, 6.45) is 8.41. The summed E-state index contributed by atoms with van der Waals surface area (Å²) in [7, 11) is 0. The maximum atomic E-state index is 12.0. The van der Waals surface area contributed by atoms with Crippen molar-refractivity contribution in [1.82, 2.24) is 15.2 Å². The number of allylic oxidation sites excluding steroid dienone is 1. The topological polar surface area (TPSA) is 54.5 Å². The van der Waals surface area contributed by atoms with Gasteiger partial charge in [0.2, 0.25) is 0 Å². The van der Waals surface area contributed by atoms with E-state index < -0.39 is 0 Å². The third-order valence-corrected chi connectivity index (χ3v) is 5.78. The highest BCUT2D eigenvalue weighted by molar-refractivity contribution is 7.11. The normalized spacial score (nSPS) is 23.3. The first kappa shape index (κ1) is 17.6.